The van der Waals surface area contributed by atoms with E-state index in [1.54, 1.807) is 7.11 Å². The van der Waals surface area contributed by atoms with Gasteiger partial charge < -0.3 is 9.57 Å². The molecular weight excluding hydrogens is 154 g/mol. The van der Waals surface area contributed by atoms with Crippen LogP contribution in [-0.2, 0) is 9.57 Å². The quantitative estimate of drug-likeness (QED) is 0.616. The summed E-state index contributed by atoms with van der Waals surface area (Å²) in [4.78, 5) is 4.78. The van der Waals surface area contributed by atoms with Crippen LogP contribution < -0.4 is 5.48 Å². The largest absolute Gasteiger partial charge is 0.381 e. The number of hydrogen-bond acceptors (Lipinski definition) is 3. The summed E-state index contributed by atoms with van der Waals surface area (Å²) in [6.45, 7) is 1.72. The maximum absolute atomic E-state index is 5.15. The Labute approximate surface area is 67.4 Å². The van der Waals surface area contributed by atoms with Crippen LogP contribution in [0, 0.1) is 0 Å². The predicted molar refractivity (Wildman–Crippen MR) is 41.2 cm³/mol. The summed E-state index contributed by atoms with van der Waals surface area (Å²) in [5.74, 6) is 0. The summed E-state index contributed by atoms with van der Waals surface area (Å²) in [6, 6.07) is 0.503. The van der Waals surface area contributed by atoms with Gasteiger partial charge in [0.1, 0.15) is 0 Å². The van der Waals surface area contributed by atoms with Gasteiger partial charge in [0, 0.05) is 19.3 Å². The van der Waals surface area contributed by atoms with Crippen molar-refractivity contribution in [3.8, 4) is 0 Å². The zero-order valence-corrected chi connectivity index (χ0v) is 6.95. The smallest absolute Gasteiger partial charge is 0.0572 e. The lowest BCUT2D eigenvalue weighted by Gasteiger charge is -2.21. The first-order valence-corrected chi connectivity index (χ1v) is 3.29. The Kier molecular flexibility index (Phi) is 6.02. The van der Waals surface area contributed by atoms with Gasteiger partial charge in [-0.3, -0.25) is 0 Å². The molecule has 1 rings (SSSR count). The monoisotopic (exact) mass is 167 g/mol. The fourth-order valence-corrected chi connectivity index (χ4v) is 0.982. The van der Waals surface area contributed by atoms with E-state index in [1.807, 2.05) is 0 Å². The predicted octanol–water partition coefficient (Wildman–Crippen LogP) is 0.738. The molecule has 1 heterocycles. The molecule has 3 nitrogen and oxygen atoms in total. The van der Waals surface area contributed by atoms with Crippen LogP contribution in [0.3, 0.4) is 0 Å². The van der Waals surface area contributed by atoms with E-state index >= 15 is 0 Å². The third kappa shape index (κ3) is 3.37. The highest BCUT2D eigenvalue weighted by molar-refractivity contribution is 5.85. The molecule has 0 aromatic rings. The van der Waals surface area contributed by atoms with Crippen LogP contribution in [0.2, 0.25) is 0 Å². The molecule has 62 valence electrons. The summed E-state index contributed by atoms with van der Waals surface area (Å²) in [6.07, 6.45) is 2.13. The van der Waals surface area contributed by atoms with Crippen LogP contribution in [0.1, 0.15) is 12.8 Å². The molecule has 0 bridgehead atoms. The third-order valence-electron chi connectivity index (χ3n) is 1.51. The normalized spacial score (nSPS) is 20.1. The van der Waals surface area contributed by atoms with Crippen molar-refractivity contribution >= 4 is 12.4 Å². The van der Waals surface area contributed by atoms with Gasteiger partial charge in [0.05, 0.1) is 7.11 Å². The average Bonchev–Trinajstić information content (AvgIpc) is 1.91. The molecule has 1 N–H and O–H groups in total. The van der Waals surface area contributed by atoms with Crippen molar-refractivity contribution in [3.63, 3.8) is 0 Å². The molecule has 0 radical (unpaired) electrons. The van der Waals surface area contributed by atoms with Gasteiger partial charge >= 0.3 is 0 Å². The molecule has 1 aliphatic heterocycles. The lowest BCUT2D eigenvalue weighted by atomic mass is 10.1. The molecule has 0 spiro atoms. The van der Waals surface area contributed by atoms with E-state index in [-0.39, 0.29) is 12.4 Å². The van der Waals surface area contributed by atoms with Gasteiger partial charge in [0.25, 0.3) is 0 Å². The standard InChI is InChI=1S/C6H13NO2.ClH/c1-8-7-6-2-4-9-5-3-6;/h6-7H,2-5H2,1H3;1H. The Morgan fingerprint density at radius 3 is 2.50 bits per heavy atom. The summed E-state index contributed by atoms with van der Waals surface area (Å²) >= 11 is 0. The molecule has 1 aliphatic rings. The zero-order chi connectivity index (χ0) is 6.53. The van der Waals surface area contributed by atoms with Crippen molar-refractivity contribution in [2.75, 3.05) is 20.3 Å². The van der Waals surface area contributed by atoms with E-state index < -0.39 is 0 Å². The van der Waals surface area contributed by atoms with Gasteiger partial charge in [0.2, 0.25) is 0 Å². The van der Waals surface area contributed by atoms with Crippen molar-refractivity contribution < 1.29 is 9.57 Å². The molecular formula is C6H14ClNO2. The molecule has 0 unspecified atom stereocenters. The Morgan fingerprint density at radius 2 is 2.00 bits per heavy atom. The van der Waals surface area contributed by atoms with Crippen molar-refractivity contribution in [1.82, 2.24) is 5.48 Å². The lowest BCUT2D eigenvalue weighted by Crippen LogP contribution is -2.33. The third-order valence-corrected chi connectivity index (χ3v) is 1.51. The van der Waals surface area contributed by atoms with Gasteiger partial charge in [-0.15, -0.1) is 12.4 Å². The summed E-state index contributed by atoms with van der Waals surface area (Å²) < 4.78 is 5.15. The van der Waals surface area contributed by atoms with E-state index in [0.29, 0.717) is 6.04 Å². The number of nitrogens with one attached hydrogen (secondary N) is 1. The molecule has 0 aromatic carbocycles. The molecule has 0 aromatic heterocycles. The minimum atomic E-state index is 0. The lowest BCUT2D eigenvalue weighted by molar-refractivity contribution is 0.00424. The highest BCUT2D eigenvalue weighted by Gasteiger charge is 2.11. The fourth-order valence-electron chi connectivity index (χ4n) is 0.982. The first kappa shape index (κ1) is 10.2. The van der Waals surface area contributed by atoms with E-state index in [2.05, 4.69) is 5.48 Å². The van der Waals surface area contributed by atoms with Crippen molar-refractivity contribution in [2.24, 2.45) is 0 Å². The Balaban J connectivity index is 0.000000810. The Hall–Kier alpha value is 0.170. The van der Waals surface area contributed by atoms with Crippen molar-refractivity contribution in [3.05, 3.63) is 0 Å². The molecule has 4 heteroatoms. The Morgan fingerprint density at radius 1 is 1.40 bits per heavy atom. The summed E-state index contributed by atoms with van der Waals surface area (Å²) in [7, 11) is 1.65. The molecule has 0 amide bonds. The number of halogens is 1. The minimum Gasteiger partial charge on any atom is -0.381 e. The molecule has 0 atom stereocenters. The number of hydroxylamine groups is 1. The Bertz CT molecular complexity index is 73.4. The topological polar surface area (TPSA) is 30.5 Å². The van der Waals surface area contributed by atoms with E-state index in [9.17, 15) is 0 Å². The summed E-state index contributed by atoms with van der Waals surface area (Å²) in [5, 5.41) is 0. The number of hydrogen-bond donors (Lipinski definition) is 1. The first-order chi connectivity index (χ1) is 4.43. The van der Waals surface area contributed by atoms with Gasteiger partial charge in [-0.25, -0.2) is 0 Å². The zero-order valence-electron chi connectivity index (χ0n) is 6.13. The molecule has 1 saturated heterocycles. The van der Waals surface area contributed by atoms with Crippen LogP contribution in [0.15, 0.2) is 0 Å². The van der Waals surface area contributed by atoms with Crippen molar-refractivity contribution in [2.45, 2.75) is 18.9 Å². The SMILES string of the molecule is CONC1CCOCC1.Cl. The molecule has 0 saturated carbocycles. The molecule has 0 aliphatic carbocycles. The van der Waals surface area contributed by atoms with E-state index in [1.165, 1.54) is 0 Å². The second-order valence-corrected chi connectivity index (χ2v) is 2.21. The van der Waals surface area contributed by atoms with Gasteiger partial charge in [-0.2, -0.15) is 5.48 Å². The highest BCUT2D eigenvalue weighted by atomic mass is 35.5. The van der Waals surface area contributed by atoms with Crippen LogP contribution in [0.5, 0.6) is 0 Å². The van der Waals surface area contributed by atoms with Crippen LogP contribution in [0.25, 0.3) is 0 Å². The molecule has 1 fully saturated rings. The fraction of sp³-hybridized carbons (Fsp3) is 1.00. The van der Waals surface area contributed by atoms with Gasteiger partial charge in [-0.1, -0.05) is 0 Å². The second-order valence-electron chi connectivity index (χ2n) is 2.21. The number of ether oxygens (including phenoxy) is 1. The van der Waals surface area contributed by atoms with Crippen LogP contribution in [-0.4, -0.2) is 26.4 Å². The molecule has 10 heavy (non-hydrogen) atoms. The maximum atomic E-state index is 5.15. The van der Waals surface area contributed by atoms with Gasteiger partial charge in [-0.05, 0) is 12.8 Å². The number of rotatable bonds is 2. The van der Waals surface area contributed by atoms with Gasteiger partial charge in [0.15, 0.2) is 0 Å². The average molecular weight is 168 g/mol. The summed E-state index contributed by atoms with van der Waals surface area (Å²) in [5.41, 5.74) is 2.90. The maximum Gasteiger partial charge on any atom is 0.0572 e. The highest BCUT2D eigenvalue weighted by Crippen LogP contribution is 2.04. The minimum absolute atomic E-state index is 0. The van der Waals surface area contributed by atoms with E-state index in [4.69, 9.17) is 9.57 Å². The van der Waals surface area contributed by atoms with Crippen molar-refractivity contribution in [1.29, 1.82) is 0 Å². The van der Waals surface area contributed by atoms with Crippen LogP contribution in [0.4, 0.5) is 0 Å². The first-order valence-electron chi connectivity index (χ1n) is 3.29. The van der Waals surface area contributed by atoms with Crippen LogP contribution >= 0.6 is 12.4 Å². The van der Waals surface area contributed by atoms with E-state index in [0.717, 1.165) is 26.1 Å². The second kappa shape index (κ2) is 5.92.